The van der Waals surface area contributed by atoms with Gasteiger partial charge in [0, 0.05) is 11.8 Å². The molecule has 0 aliphatic heterocycles. The normalized spacial score (nSPS) is 11.5. The second-order valence-electron chi connectivity index (χ2n) is 6.09. The van der Waals surface area contributed by atoms with Crippen LogP contribution in [0.25, 0.3) is 6.08 Å². The SMILES string of the molecule is Cc1ccc(/C=C/C(=O)Nc2ccc(C)c(NS(C)(=O)=O)c2)c(C)c1. The van der Waals surface area contributed by atoms with Crippen molar-refractivity contribution in [2.24, 2.45) is 0 Å². The molecule has 1 amide bonds. The fraction of sp³-hybridized carbons (Fsp3) is 0.211. The molecule has 0 bridgehead atoms. The molecule has 0 radical (unpaired) electrons. The van der Waals surface area contributed by atoms with Gasteiger partial charge in [-0.1, -0.05) is 29.8 Å². The quantitative estimate of drug-likeness (QED) is 0.801. The van der Waals surface area contributed by atoms with Crippen LogP contribution >= 0.6 is 0 Å². The maximum absolute atomic E-state index is 12.1. The maximum Gasteiger partial charge on any atom is 0.248 e. The third-order valence-corrected chi connectivity index (χ3v) is 4.23. The minimum absolute atomic E-state index is 0.283. The lowest BCUT2D eigenvalue weighted by Crippen LogP contribution is -2.12. The minimum atomic E-state index is -3.38. The number of hydrogen-bond acceptors (Lipinski definition) is 3. The molecule has 2 N–H and O–H groups in total. The lowest BCUT2D eigenvalue weighted by Gasteiger charge is -2.10. The molecule has 25 heavy (non-hydrogen) atoms. The van der Waals surface area contributed by atoms with Gasteiger partial charge in [-0.3, -0.25) is 9.52 Å². The fourth-order valence-corrected chi connectivity index (χ4v) is 2.99. The van der Waals surface area contributed by atoms with Crippen LogP contribution in [0.5, 0.6) is 0 Å². The van der Waals surface area contributed by atoms with Crippen molar-refractivity contribution in [3.05, 3.63) is 64.7 Å². The Morgan fingerprint density at radius 1 is 1.00 bits per heavy atom. The van der Waals surface area contributed by atoms with Crippen LogP contribution in [0, 0.1) is 20.8 Å². The van der Waals surface area contributed by atoms with Gasteiger partial charge in [-0.2, -0.15) is 0 Å². The zero-order valence-electron chi connectivity index (χ0n) is 14.8. The maximum atomic E-state index is 12.1. The molecule has 0 aliphatic carbocycles. The molecule has 5 nitrogen and oxygen atoms in total. The van der Waals surface area contributed by atoms with E-state index in [1.165, 1.54) is 11.6 Å². The highest BCUT2D eigenvalue weighted by Gasteiger charge is 2.07. The van der Waals surface area contributed by atoms with E-state index in [4.69, 9.17) is 0 Å². The van der Waals surface area contributed by atoms with E-state index < -0.39 is 10.0 Å². The third kappa shape index (κ3) is 5.76. The summed E-state index contributed by atoms with van der Waals surface area (Å²) in [4.78, 5) is 12.1. The predicted octanol–water partition coefficient (Wildman–Crippen LogP) is 3.64. The first-order chi connectivity index (χ1) is 11.6. The molecule has 0 atom stereocenters. The number of rotatable bonds is 5. The Balaban J connectivity index is 2.12. The monoisotopic (exact) mass is 358 g/mol. The first kappa shape index (κ1) is 18.7. The van der Waals surface area contributed by atoms with Crippen LogP contribution in [-0.4, -0.2) is 20.6 Å². The molecule has 0 unspecified atom stereocenters. The van der Waals surface area contributed by atoms with Gasteiger partial charge in [0.15, 0.2) is 0 Å². The molecule has 2 aromatic rings. The first-order valence-electron chi connectivity index (χ1n) is 7.79. The molecule has 0 fully saturated rings. The van der Waals surface area contributed by atoms with Crippen molar-refractivity contribution in [1.29, 1.82) is 0 Å². The average Bonchev–Trinajstić information content (AvgIpc) is 2.48. The highest BCUT2D eigenvalue weighted by molar-refractivity contribution is 7.92. The van der Waals surface area contributed by atoms with Gasteiger partial charge in [0.05, 0.1) is 11.9 Å². The van der Waals surface area contributed by atoms with E-state index in [1.807, 2.05) is 26.0 Å². The van der Waals surface area contributed by atoms with Crippen LogP contribution in [0.15, 0.2) is 42.5 Å². The van der Waals surface area contributed by atoms with Crippen LogP contribution in [0.4, 0.5) is 11.4 Å². The first-order valence-corrected chi connectivity index (χ1v) is 9.68. The fourth-order valence-electron chi connectivity index (χ4n) is 2.37. The zero-order chi connectivity index (χ0) is 18.6. The molecule has 0 heterocycles. The number of anilines is 2. The Kier molecular flexibility index (Phi) is 5.64. The zero-order valence-corrected chi connectivity index (χ0v) is 15.6. The minimum Gasteiger partial charge on any atom is -0.322 e. The Hall–Kier alpha value is -2.60. The van der Waals surface area contributed by atoms with Crippen LogP contribution in [0.3, 0.4) is 0 Å². The molecule has 6 heteroatoms. The second-order valence-corrected chi connectivity index (χ2v) is 7.84. The smallest absolute Gasteiger partial charge is 0.248 e. The van der Waals surface area contributed by atoms with E-state index in [9.17, 15) is 13.2 Å². The predicted molar refractivity (Wildman–Crippen MR) is 103 cm³/mol. The Morgan fingerprint density at radius 2 is 1.72 bits per heavy atom. The van der Waals surface area contributed by atoms with E-state index in [1.54, 1.807) is 31.2 Å². The number of carbonyl (C=O) groups is 1. The molecule has 0 saturated carbocycles. The van der Waals surface area contributed by atoms with Crippen molar-refractivity contribution in [2.45, 2.75) is 20.8 Å². The van der Waals surface area contributed by atoms with Crippen molar-refractivity contribution in [2.75, 3.05) is 16.3 Å². The summed E-state index contributed by atoms with van der Waals surface area (Å²) in [6.07, 6.45) is 4.31. The molecule has 0 aromatic heterocycles. The summed E-state index contributed by atoms with van der Waals surface area (Å²) in [6.45, 7) is 5.81. The number of sulfonamides is 1. The van der Waals surface area contributed by atoms with Crippen molar-refractivity contribution in [3.8, 4) is 0 Å². The molecule has 2 aromatic carbocycles. The Labute approximate surface area is 148 Å². The van der Waals surface area contributed by atoms with E-state index in [0.29, 0.717) is 11.4 Å². The van der Waals surface area contributed by atoms with Gasteiger partial charge < -0.3 is 5.32 Å². The highest BCUT2D eigenvalue weighted by atomic mass is 32.2. The second kappa shape index (κ2) is 7.53. The van der Waals surface area contributed by atoms with Crippen LogP contribution in [0.1, 0.15) is 22.3 Å². The van der Waals surface area contributed by atoms with Crippen molar-refractivity contribution < 1.29 is 13.2 Å². The average molecular weight is 358 g/mol. The molecule has 132 valence electrons. The highest BCUT2D eigenvalue weighted by Crippen LogP contribution is 2.21. The largest absolute Gasteiger partial charge is 0.322 e. The van der Waals surface area contributed by atoms with Crippen LogP contribution < -0.4 is 10.0 Å². The van der Waals surface area contributed by atoms with Gasteiger partial charge in [0.1, 0.15) is 0 Å². The summed E-state index contributed by atoms with van der Waals surface area (Å²) in [5.41, 5.74) is 4.98. The van der Waals surface area contributed by atoms with Gasteiger partial charge in [0.25, 0.3) is 0 Å². The van der Waals surface area contributed by atoms with E-state index in [-0.39, 0.29) is 5.91 Å². The van der Waals surface area contributed by atoms with Gasteiger partial charge in [-0.25, -0.2) is 8.42 Å². The number of benzene rings is 2. The summed E-state index contributed by atoms with van der Waals surface area (Å²) in [6, 6.07) is 11.1. The van der Waals surface area contributed by atoms with Gasteiger partial charge in [-0.15, -0.1) is 0 Å². The Bertz CT molecular complexity index is 932. The van der Waals surface area contributed by atoms with E-state index in [2.05, 4.69) is 16.1 Å². The Morgan fingerprint density at radius 3 is 2.36 bits per heavy atom. The number of nitrogens with one attached hydrogen (secondary N) is 2. The summed E-state index contributed by atoms with van der Waals surface area (Å²) in [5, 5.41) is 2.74. The van der Waals surface area contributed by atoms with Crippen LogP contribution in [0.2, 0.25) is 0 Å². The van der Waals surface area contributed by atoms with E-state index >= 15 is 0 Å². The number of aryl methyl sites for hydroxylation is 3. The van der Waals surface area contributed by atoms with Gasteiger partial charge >= 0.3 is 0 Å². The van der Waals surface area contributed by atoms with Crippen LogP contribution in [-0.2, 0) is 14.8 Å². The number of hydrogen-bond donors (Lipinski definition) is 2. The van der Waals surface area contributed by atoms with Gasteiger partial charge in [-0.05, 0) is 55.7 Å². The molecular weight excluding hydrogens is 336 g/mol. The summed E-state index contributed by atoms with van der Waals surface area (Å²) >= 11 is 0. The standard InChI is InChI=1S/C19H22N2O3S/c1-13-5-7-16(15(3)11-13)8-10-19(22)20-17-9-6-14(2)18(12-17)21-25(4,23)24/h5-12,21H,1-4H3,(H,20,22)/b10-8+. The third-order valence-electron chi connectivity index (χ3n) is 3.64. The summed E-state index contributed by atoms with van der Waals surface area (Å²) < 4.78 is 25.2. The van der Waals surface area contributed by atoms with Gasteiger partial charge in [0.2, 0.25) is 15.9 Å². The lowest BCUT2D eigenvalue weighted by atomic mass is 10.1. The van der Waals surface area contributed by atoms with Crippen molar-refractivity contribution in [3.63, 3.8) is 0 Å². The lowest BCUT2D eigenvalue weighted by molar-refractivity contribution is -0.111. The topological polar surface area (TPSA) is 75.3 Å². The summed E-state index contributed by atoms with van der Waals surface area (Å²) in [5.74, 6) is -0.283. The molecule has 0 spiro atoms. The van der Waals surface area contributed by atoms with Crippen molar-refractivity contribution >= 4 is 33.4 Å². The van der Waals surface area contributed by atoms with E-state index in [0.717, 1.165) is 22.9 Å². The molecule has 0 aliphatic rings. The number of amides is 1. The molecule has 0 saturated heterocycles. The molecule has 2 rings (SSSR count). The van der Waals surface area contributed by atoms with Crippen molar-refractivity contribution in [1.82, 2.24) is 0 Å². The number of carbonyl (C=O) groups excluding carboxylic acids is 1. The molecular formula is C19H22N2O3S. The summed E-state index contributed by atoms with van der Waals surface area (Å²) in [7, 11) is -3.38.